The SMILES string of the molecule is CC(=O)N=c1sc(S(=O)Cc2ccccc2)nn1C. The second-order valence-corrected chi connectivity index (χ2v) is 6.46. The summed E-state index contributed by atoms with van der Waals surface area (Å²) in [6, 6.07) is 9.58. The predicted octanol–water partition coefficient (Wildman–Crippen LogP) is 1.24. The fraction of sp³-hybridized carbons (Fsp3) is 0.250. The summed E-state index contributed by atoms with van der Waals surface area (Å²) in [4.78, 5) is 15.2. The molecule has 0 N–H and O–H groups in total. The molecule has 0 aliphatic rings. The third-order valence-electron chi connectivity index (χ3n) is 2.28. The minimum atomic E-state index is -1.22. The largest absolute Gasteiger partial charge is 0.273 e. The van der Waals surface area contributed by atoms with Crippen LogP contribution in [0, 0.1) is 0 Å². The molecule has 2 rings (SSSR count). The van der Waals surface area contributed by atoms with Crippen molar-refractivity contribution < 1.29 is 9.00 Å². The van der Waals surface area contributed by atoms with E-state index in [1.54, 1.807) is 7.05 Å². The molecule has 1 amide bonds. The van der Waals surface area contributed by atoms with Gasteiger partial charge in [0.1, 0.15) is 0 Å². The van der Waals surface area contributed by atoms with Gasteiger partial charge in [-0.1, -0.05) is 41.7 Å². The van der Waals surface area contributed by atoms with Crippen LogP contribution in [0.3, 0.4) is 0 Å². The van der Waals surface area contributed by atoms with Crippen LogP contribution in [0.5, 0.6) is 0 Å². The number of aryl methyl sites for hydroxylation is 1. The van der Waals surface area contributed by atoms with Gasteiger partial charge in [-0.05, 0) is 5.56 Å². The molecular weight excluding hydrogens is 282 g/mol. The Morgan fingerprint density at radius 3 is 2.74 bits per heavy atom. The van der Waals surface area contributed by atoms with Crippen LogP contribution in [0.25, 0.3) is 0 Å². The first kappa shape index (κ1) is 13.8. The lowest BCUT2D eigenvalue weighted by Gasteiger charge is -1.97. The van der Waals surface area contributed by atoms with Crippen molar-refractivity contribution in [3.63, 3.8) is 0 Å². The highest BCUT2D eigenvalue weighted by Crippen LogP contribution is 2.11. The number of hydrogen-bond acceptors (Lipinski definition) is 4. The molecule has 7 heteroatoms. The minimum Gasteiger partial charge on any atom is -0.273 e. The van der Waals surface area contributed by atoms with Crippen molar-refractivity contribution in [1.29, 1.82) is 0 Å². The van der Waals surface area contributed by atoms with Gasteiger partial charge >= 0.3 is 0 Å². The monoisotopic (exact) mass is 295 g/mol. The second-order valence-electron chi connectivity index (χ2n) is 3.88. The number of benzene rings is 1. The van der Waals surface area contributed by atoms with Crippen LogP contribution in [0.1, 0.15) is 12.5 Å². The smallest absolute Gasteiger partial charge is 0.245 e. The molecule has 2 aromatic rings. The van der Waals surface area contributed by atoms with Crippen molar-refractivity contribution in [2.24, 2.45) is 12.0 Å². The van der Waals surface area contributed by atoms with Gasteiger partial charge in [0.15, 0.2) is 0 Å². The topological polar surface area (TPSA) is 64.3 Å². The average Bonchev–Trinajstić information content (AvgIpc) is 2.71. The zero-order chi connectivity index (χ0) is 13.8. The van der Waals surface area contributed by atoms with Crippen molar-refractivity contribution in [3.05, 3.63) is 40.7 Å². The summed E-state index contributed by atoms with van der Waals surface area (Å²) in [5.74, 6) is 0.119. The summed E-state index contributed by atoms with van der Waals surface area (Å²) in [5.41, 5.74) is 0.990. The molecule has 1 atom stereocenters. The highest BCUT2D eigenvalue weighted by Gasteiger charge is 2.11. The molecule has 100 valence electrons. The summed E-state index contributed by atoms with van der Waals surface area (Å²) < 4.78 is 14.1. The lowest BCUT2D eigenvalue weighted by atomic mass is 10.2. The Labute approximate surface area is 117 Å². The highest BCUT2D eigenvalue weighted by atomic mass is 32.2. The Balaban J connectivity index is 2.23. The number of carbonyl (C=O) groups is 1. The van der Waals surface area contributed by atoms with Crippen LogP contribution in [0.2, 0.25) is 0 Å². The van der Waals surface area contributed by atoms with Gasteiger partial charge in [0.25, 0.3) is 0 Å². The summed E-state index contributed by atoms with van der Waals surface area (Å²) >= 11 is 1.18. The molecule has 1 aromatic heterocycles. The highest BCUT2D eigenvalue weighted by molar-refractivity contribution is 7.86. The molecule has 0 aliphatic carbocycles. The van der Waals surface area contributed by atoms with Crippen molar-refractivity contribution in [2.45, 2.75) is 17.0 Å². The molecule has 1 aromatic carbocycles. The maximum Gasteiger partial charge on any atom is 0.245 e. The molecule has 19 heavy (non-hydrogen) atoms. The van der Waals surface area contributed by atoms with E-state index in [0.717, 1.165) is 5.56 Å². The van der Waals surface area contributed by atoms with Gasteiger partial charge in [0, 0.05) is 14.0 Å². The first-order valence-corrected chi connectivity index (χ1v) is 7.71. The summed E-state index contributed by atoms with van der Waals surface area (Å²) in [5, 5.41) is 4.15. The van der Waals surface area contributed by atoms with Gasteiger partial charge in [0.05, 0.1) is 16.6 Å². The van der Waals surface area contributed by atoms with Crippen LogP contribution in [0.4, 0.5) is 0 Å². The second kappa shape index (κ2) is 6.03. The molecule has 0 spiro atoms. The lowest BCUT2D eigenvalue weighted by Crippen LogP contribution is -2.13. The molecular formula is C12H13N3O2S2. The quantitative estimate of drug-likeness (QED) is 0.855. The van der Waals surface area contributed by atoms with E-state index in [2.05, 4.69) is 10.1 Å². The van der Waals surface area contributed by atoms with Crippen LogP contribution < -0.4 is 4.80 Å². The standard InChI is InChI=1S/C12H13N3O2S2/c1-9(16)13-11-15(2)14-12(18-11)19(17)8-10-6-4-3-5-7-10/h3-7H,8H2,1-2H3. The van der Waals surface area contributed by atoms with Crippen LogP contribution >= 0.6 is 11.3 Å². The first-order chi connectivity index (χ1) is 9.06. The Bertz CT molecular complexity index is 674. The number of amides is 1. The molecule has 1 unspecified atom stereocenters. The minimum absolute atomic E-state index is 0.292. The predicted molar refractivity (Wildman–Crippen MR) is 73.9 cm³/mol. The van der Waals surface area contributed by atoms with Crippen LogP contribution in [0.15, 0.2) is 39.7 Å². The van der Waals surface area contributed by atoms with E-state index in [1.807, 2.05) is 30.3 Å². The molecule has 0 fully saturated rings. The van der Waals surface area contributed by atoms with Gasteiger partial charge in [-0.25, -0.2) is 4.68 Å². The fourth-order valence-corrected chi connectivity index (χ4v) is 3.71. The van der Waals surface area contributed by atoms with Gasteiger partial charge in [-0.15, -0.1) is 0 Å². The van der Waals surface area contributed by atoms with Gasteiger partial charge in [-0.2, -0.15) is 10.1 Å². The number of rotatable bonds is 3. The fourth-order valence-electron chi connectivity index (χ4n) is 1.44. The van der Waals surface area contributed by atoms with Gasteiger partial charge < -0.3 is 0 Å². The molecule has 0 saturated carbocycles. The lowest BCUT2D eigenvalue weighted by molar-refractivity contribution is -0.116. The zero-order valence-electron chi connectivity index (χ0n) is 10.6. The Morgan fingerprint density at radius 1 is 1.42 bits per heavy atom. The molecule has 0 aliphatic heterocycles. The van der Waals surface area contributed by atoms with Gasteiger partial charge in [-0.3, -0.25) is 9.00 Å². The van der Waals surface area contributed by atoms with E-state index >= 15 is 0 Å². The average molecular weight is 295 g/mol. The van der Waals surface area contributed by atoms with E-state index in [0.29, 0.717) is 14.9 Å². The normalized spacial score (nSPS) is 13.5. The van der Waals surface area contributed by atoms with Crippen molar-refractivity contribution >= 4 is 28.0 Å². The molecule has 0 bridgehead atoms. The number of hydrogen-bond donors (Lipinski definition) is 0. The third-order valence-corrected chi connectivity index (χ3v) is 4.94. The summed E-state index contributed by atoms with van der Waals surface area (Å²) in [7, 11) is 0.459. The van der Waals surface area contributed by atoms with E-state index in [1.165, 1.54) is 22.9 Å². The van der Waals surface area contributed by atoms with Crippen LogP contribution in [-0.4, -0.2) is 19.9 Å². The Kier molecular flexibility index (Phi) is 4.39. The number of nitrogens with zero attached hydrogens (tertiary/aromatic N) is 3. The van der Waals surface area contributed by atoms with Gasteiger partial charge in [0.2, 0.25) is 15.0 Å². The number of carbonyl (C=O) groups excluding carboxylic acids is 1. The van der Waals surface area contributed by atoms with E-state index < -0.39 is 10.8 Å². The molecule has 1 heterocycles. The van der Waals surface area contributed by atoms with Crippen molar-refractivity contribution in [2.75, 3.05) is 0 Å². The maximum atomic E-state index is 12.2. The zero-order valence-corrected chi connectivity index (χ0v) is 12.2. The number of aromatic nitrogens is 2. The molecule has 0 saturated heterocycles. The van der Waals surface area contributed by atoms with E-state index in [9.17, 15) is 9.00 Å². The van der Waals surface area contributed by atoms with E-state index in [-0.39, 0.29) is 5.91 Å². The van der Waals surface area contributed by atoms with E-state index in [4.69, 9.17) is 0 Å². The van der Waals surface area contributed by atoms with Crippen molar-refractivity contribution in [1.82, 2.24) is 9.78 Å². The first-order valence-electron chi connectivity index (χ1n) is 5.58. The third kappa shape index (κ3) is 3.68. The Hall–Kier alpha value is -1.60. The Morgan fingerprint density at radius 2 is 2.11 bits per heavy atom. The molecule has 5 nitrogen and oxygen atoms in total. The van der Waals surface area contributed by atoms with Crippen molar-refractivity contribution in [3.8, 4) is 0 Å². The summed E-state index contributed by atoms with van der Waals surface area (Å²) in [6.07, 6.45) is 0. The summed E-state index contributed by atoms with van der Waals surface area (Å²) in [6.45, 7) is 1.38. The van der Waals surface area contributed by atoms with Crippen LogP contribution in [-0.2, 0) is 28.4 Å². The molecule has 0 radical (unpaired) electrons. The maximum absolute atomic E-state index is 12.2.